The zero-order valence-corrected chi connectivity index (χ0v) is 21.5. The topological polar surface area (TPSA) is 64.0 Å². The van der Waals surface area contributed by atoms with Crippen molar-refractivity contribution >= 4 is 49.1 Å². The molecule has 7 heteroatoms. The van der Waals surface area contributed by atoms with E-state index in [9.17, 15) is 9.59 Å². The Morgan fingerprint density at radius 1 is 1.12 bits per heavy atom. The molecule has 0 fully saturated rings. The number of benzene rings is 2. The minimum atomic E-state index is -0.706. The summed E-state index contributed by atoms with van der Waals surface area (Å²) in [6.07, 6.45) is 3.12. The van der Waals surface area contributed by atoms with Crippen LogP contribution < -0.4 is 10.9 Å². The average Bonchev–Trinajstić information content (AvgIpc) is 3.16. The van der Waals surface area contributed by atoms with Gasteiger partial charge in [-0.3, -0.25) is 14.2 Å². The van der Waals surface area contributed by atoms with Gasteiger partial charge in [0.05, 0.1) is 11.7 Å². The standard InChI is InChI=1S/C26H26BrN3O2S/c1-5-17-8-7-9-18(6-2)23(17)29-24(31)15(3)30-14-28-25-22(26(30)32)21(16(4)33-25)19-10-12-20(27)13-11-19/h7-15H,5-6H2,1-4H3,(H,29,31). The van der Waals surface area contributed by atoms with Crippen LogP contribution in [-0.4, -0.2) is 15.5 Å². The lowest BCUT2D eigenvalue weighted by Gasteiger charge is -2.19. The lowest BCUT2D eigenvalue weighted by atomic mass is 10.0. The van der Waals surface area contributed by atoms with Crippen molar-refractivity contribution in [1.82, 2.24) is 9.55 Å². The molecule has 4 rings (SSSR count). The number of carbonyl (C=O) groups is 1. The second-order valence-corrected chi connectivity index (χ2v) is 10.1. The van der Waals surface area contributed by atoms with Crippen molar-refractivity contribution in [2.24, 2.45) is 0 Å². The van der Waals surface area contributed by atoms with Crippen molar-refractivity contribution in [2.75, 3.05) is 5.32 Å². The maximum Gasteiger partial charge on any atom is 0.263 e. The first-order chi connectivity index (χ1) is 15.8. The van der Waals surface area contributed by atoms with E-state index < -0.39 is 6.04 Å². The summed E-state index contributed by atoms with van der Waals surface area (Å²) >= 11 is 4.96. The van der Waals surface area contributed by atoms with E-state index >= 15 is 0 Å². The molecular weight excluding hydrogens is 498 g/mol. The molecule has 1 atom stereocenters. The van der Waals surface area contributed by atoms with Gasteiger partial charge in [-0.05, 0) is 55.5 Å². The van der Waals surface area contributed by atoms with Crippen LogP contribution in [0.15, 0.2) is 58.1 Å². The lowest BCUT2D eigenvalue weighted by molar-refractivity contribution is -0.118. The molecule has 1 amide bonds. The van der Waals surface area contributed by atoms with Gasteiger partial charge in [0, 0.05) is 20.6 Å². The molecule has 5 nitrogen and oxygen atoms in total. The number of amides is 1. The first-order valence-corrected chi connectivity index (χ1v) is 12.6. The molecule has 0 radical (unpaired) electrons. The Morgan fingerprint density at radius 2 is 1.76 bits per heavy atom. The van der Waals surface area contributed by atoms with Gasteiger partial charge in [-0.15, -0.1) is 11.3 Å². The third kappa shape index (κ3) is 4.39. The molecule has 1 N–H and O–H groups in total. The summed E-state index contributed by atoms with van der Waals surface area (Å²) in [5.74, 6) is -0.231. The highest BCUT2D eigenvalue weighted by atomic mass is 79.9. The van der Waals surface area contributed by atoms with E-state index in [4.69, 9.17) is 0 Å². The van der Waals surface area contributed by atoms with Gasteiger partial charge in [0.1, 0.15) is 10.9 Å². The molecule has 2 aromatic carbocycles. The highest BCUT2D eigenvalue weighted by Crippen LogP contribution is 2.36. The molecule has 33 heavy (non-hydrogen) atoms. The number of fused-ring (bicyclic) bond motifs is 1. The molecule has 0 saturated carbocycles. The molecule has 4 aromatic rings. The van der Waals surface area contributed by atoms with Gasteiger partial charge in [-0.2, -0.15) is 0 Å². The number of carbonyl (C=O) groups excluding carboxylic acids is 1. The van der Waals surface area contributed by atoms with Crippen LogP contribution >= 0.6 is 27.3 Å². The summed E-state index contributed by atoms with van der Waals surface area (Å²) in [6, 6.07) is 13.2. The molecule has 0 aliphatic rings. The minimum absolute atomic E-state index is 0.204. The van der Waals surface area contributed by atoms with Crippen molar-refractivity contribution in [2.45, 2.75) is 46.6 Å². The fraction of sp³-hybridized carbons (Fsp3) is 0.269. The van der Waals surface area contributed by atoms with Gasteiger partial charge >= 0.3 is 0 Å². The third-order valence-electron chi connectivity index (χ3n) is 5.99. The van der Waals surface area contributed by atoms with Crippen molar-refractivity contribution in [3.05, 3.63) is 79.6 Å². The second-order valence-electron chi connectivity index (χ2n) is 8.00. The summed E-state index contributed by atoms with van der Waals surface area (Å²) < 4.78 is 2.41. The largest absolute Gasteiger partial charge is 0.324 e. The summed E-state index contributed by atoms with van der Waals surface area (Å²) in [4.78, 5) is 33.1. The van der Waals surface area contributed by atoms with E-state index in [1.54, 1.807) is 6.92 Å². The number of para-hydroxylation sites is 1. The molecule has 0 spiro atoms. The Bertz CT molecular complexity index is 1370. The van der Waals surface area contributed by atoms with Crippen LogP contribution in [-0.2, 0) is 17.6 Å². The Kier molecular flexibility index (Phi) is 6.81. The quantitative estimate of drug-likeness (QED) is 0.312. The van der Waals surface area contributed by atoms with Crippen molar-refractivity contribution in [1.29, 1.82) is 0 Å². The Labute approximate surface area is 205 Å². The number of nitrogens with zero attached hydrogens (tertiary/aromatic N) is 2. The Hall–Kier alpha value is -2.77. The highest BCUT2D eigenvalue weighted by Gasteiger charge is 2.23. The fourth-order valence-corrected chi connectivity index (χ4v) is 5.38. The number of halogens is 1. The molecule has 2 heterocycles. The van der Waals surface area contributed by atoms with E-state index in [1.807, 2.05) is 49.4 Å². The smallest absolute Gasteiger partial charge is 0.263 e. The van der Waals surface area contributed by atoms with Crippen LogP contribution in [0.2, 0.25) is 0 Å². The first kappa shape index (κ1) is 23.4. The van der Waals surface area contributed by atoms with Gasteiger partial charge in [0.25, 0.3) is 5.56 Å². The zero-order valence-electron chi connectivity index (χ0n) is 19.1. The molecule has 0 saturated heterocycles. The van der Waals surface area contributed by atoms with Crippen LogP contribution in [0.5, 0.6) is 0 Å². The summed E-state index contributed by atoms with van der Waals surface area (Å²) in [5, 5.41) is 3.64. The number of thiophene rings is 1. The average molecular weight is 524 g/mol. The lowest BCUT2D eigenvalue weighted by Crippen LogP contribution is -2.32. The maximum atomic E-state index is 13.6. The molecule has 0 aliphatic carbocycles. The monoisotopic (exact) mass is 523 g/mol. The van der Waals surface area contributed by atoms with Crippen LogP contribution in [0.3, 0.4) is 0 Å². The number of anilines is 1. The highest BCUT2D eigenvalue weighted by molar-refractivity contribution is 9.10. The SMILES string of the molecule is CCc1cccc(CC)c1NC(=O)C(C)n1cnc2sc(C)c(-c3ccc(Br)cc3)c2c1=O. The molecule has 2 aromatic heterocycles. The van der Waals surface area contributed by atoms with Crippen LogP contribution in [0.1, 0.15) is 42.8 Å². The number of aromatic nitrogens is 2. The van der Waals surface area contributed by atoms with Crippen LogP contribution in [0.4, 0.5) is 5.69 Å². The van der Waals surface area contributed by atoms with Crippen LogP contribution in [0.25, 0.3) is 21.3 Å². The van der Waals surface area contributed by atoms with Gasteiger partial charge in [0.2, 0.25) is 5.91 Å². The number of nitrogens with one attached hydrogen (secondary N) is 1. The van der Waals surface area contributed by atoms with E-state index in [1.165, 1.54) is 22.2 Å². The number of hydrogen-bond donors (Lipinski definition) is 1. The van der Waals surface area contributed by atoms with E-state index in [0.29, 0.717) is 10.2 Å². The second kappa shape index (κ2) is 9.61. The Morgan fingerprint density at radius 3 is 2.36 bits per heavy atom. The summed E-state index contributed by atoms with van der Waals surface area (Å²) in [7, 11) is 0. The molecule has 1 unspecified atom stereocenters. The Balaban J connectivity index is 1.76. The van der Waals surface area contributed by atoms with Crippen LogP contribution in [0, 0.1) is 6.92 Å². The summed E-state index contributed by atoms with van der Waals surface area (Å²) in [5.41, 5.74) is 4.66. The third-order valence-corrected chi connectivity index (χ3v) is 7.53. The molecule has 170 valence electrons. The van der Waals surface area contributed by atoms with Gasteiger partial charge in [0.15, 0.2) is 0 Å². The summed E-state index contributed by atoms with van der Waals surface area (Å²) in [6.45, 7) is 7.87. The van der Waals surface area contributed by atoms with Gasteiger partial charge in [-0.25, -0.2) is 4.98 Å². The maximum absolute atomic E-state index is 13.6. The number of aryl methyl sites for hydroxylation is 3. The van der Waals surface area contributed by atoms with E-state index in [0.717, 1.165) is 50.1 Å². The zero-order chi connectivity index (χ0) is 23.7. The molecule has 0 aliphatic heterocycles. The molecule has 0 bridgehead atoms. The van der Waals surface area contributed by atoms with Gasteiger partial charge < -0.3 is 5.32 Å². The predicted molar refractivity (Wildman–Crippen MR) is 140 cm³/mol. The van der Waals surface area contributed by atoms with Crippen molar-refractivity contribution in [3.8, 4) is 11.1 Å². The molecular formula is C26H26BrN3O2S. The van der Waals surface area contributed by atoms with Crippen molar-refractivity contribution < 1.29 is 4.79 Å². The fourth-order valence-electron chi connectivity index (χ4n) is 4.11. The van der Waals surface area contributed by atoms with Crippen molar-refractivity contribution in [3.63, 3.8) is 0 Å². The number of hydrogen-bond acceptors (Lipinski definition) is 4. The number of rotatable bonds is 6. The van der Waals surface area contributed by atoms with E-state index in [2.05, 4.69) is 40.1 Å². The predicted octanol–water partition coefficient (Wildman–Crippen LogP) is 6.52. The first-order valence-electron chi connectivity index (χ1n) is 11.0. The van der Waals surface area contributed by atoms with E-state index in [-0.39, 0.29) is 11.5 Å². The minimum Gasteiger partial charge on any atom is -0.324 e. The van der Waals surface area contributed by atoms with Gasteiger partial charge in [-0.1, -0.05) is 60.1 Å². The normalized spacial score (nSPS) is 12.2.